The third-order valence-electron chi connectivity index (χ3n) is 4.74. The largest absolute Gasteiger partial charge is 0.490 e. The number of amides is 1. The summed E-state index contributed by atoms with van der Waals surface area (Å²) >= 11 is 0. The maximum Gasteiger partial charge on any atom is 0.225 e. The molecule has 4 rings (SSSR count). The fourth-order valence-corrected chi connectivity index (χ4v) is 3.12. The van der Waals surface area contributed by atoms with Crippen LogP contribution in [-0.4, -0.2) is 29.3 Å². The van der Waals surface area contributed by atoms with Gasteiger partial charge in [-0.25, -0.2) is 0 Å². The lowest BCUT2D eigenvalue weighted by Gasteiger charge is -2.09. The number of carbonyl (C=O) groups is 1. The first-order valence-electron chi connectivity index (χ1n) is 8.94. The first-order chi connectivity index (χ1) is 12.2. The van der Waals surface area contributed by atoms with Crippen molar-refractivity contribution in [3.8, 4) is 11.5 Å². The van der Waals surface area contributed by atoms with Crippen LogP contribution in [0, 0.1) is 6.92 Å². The molecule has 132 valence electrons. The van der Waals surface area contributed by atoms with Crippen molar-refractivity contribution in [3.05, 3.63) is 35.0 Å². The molecule has 1 aromatic heterocycles. The van der Waals surface area contributed by atoms with Crippen LogP contribution in [0.3, 0.4) is 0 Å². The third kappa shape index (κ3) is 3.62. The minimum absolute atomic E-state index is 0.0240. The zero-order chi connectivity index (χ0) is 17.2. The summed E-state index contributed by atoms with van der Waals surface area (Å²) in [7, 11) is 0. The Kier molecular flexibility index (Phi) is 4.34. The molecule has 1 amide bonds. The zero-order valence-corrected chi connectivity index (χ0v) is 14.4. The van der Waals surface area contributed by atoms with Gasteiger partial charge in [-0.1, -0.05) is 6.07 Å². The van der Waals surface area contributed by atoms with E-state index < -0.39 is 0 Å². The molecule has 1 aliphatic carbocycles. The van der Waals surface area contributed by atoms with Gasteiger partial charge in [0.15, 0.2) is 17.3 Å². The van der Waals surface area contributed by atoms with Crippen LogP contribution in [0.15, 0.2) is 18.2 Å². The average Bonchev–Trinajstić information content (AvgIpc) is 3.41. The minimum atomic E-state index is -0.0240. The van der Waals surface area contributed by atoms with Crippen molar-refractivity contribution in [2.45, 2.75) is 44.9 Å². The van der Waals surface area contributed by atoms with Crippen LogP contribution < -0.4 is 14.8 Å². The Bertz CT molecular complexity index is 780. The number of nitrogens with one attached hydrogen (secondary N) is 2. The zero-order valence-electron chi connectivity index (χ0n) is 14.4. The summed E-state index contributed by atoms with van der Waals surface area (Å²) in [5.74, 6) is 2.78. The Morgan fingerprint density at radius 2 is 2.08 bits per heavy atom. The molecule has 0 atom stereocenters. The lowest BCUT2D eigenvalue weighted by atomic mass is 10.1. The van der Waals surface area contributed by atoms with Gasteiger partial charge in [0.25, 0.3) is 0 Å². The van der Waals surface area contributed by atoms with Crippen LogP contribution in [0.1, 0.15) is 48.4 Å². The third-order valence-corrected chi connectivity index (χ3v) is 4.74. The first-order valence-corrected chi connectivity index (χ1v) is 8.94. The number of hydrogen-bond acceptors (Lipinski definition) is 4. The van der Waals surface area contributed by atoms with Gasteiger partial charge in [-0.15, -0.1) is 0 Å². The van der Waals surface area contributed by atoms with Crippen molar-refractivity contribution in [1.29, 1.82) is 0 Å². The van der Waals surface area contributed by atoms with Crippen LogP contribution in [0.5, 0.6) is 11.5 Å². The lowest BCUT2D eigenvalue weighted by molar-refractivity contribution is -0.116. The van der Waals surface area contributed by atoms with Gasteiger partial charge in [-0.05, 0) is 43.9 Å². The SMILES string of the molecule is Cc1c(NC(=O)CCc2ccc3c(c2)OCCCO3)n[nH]c1C1CC1. The molecule has 1 fully saturated rings. The van der Waals surface area contributed by atoms with E-state index in [4.69, 9.17) is 9.47 Å². The van der Waals surface area contributed by atoms with Crippen molar-refractivity contribution in [2.24, 2.45) is 0 Å². The molecule has 25 heavy (non-hydrogen) atoms. The van der Waals surface area contributed by atoms with E-state index in [1.807, 2.05) is 25.1 Å². The molecular formula is C19H23N3O3. The van der Waals surface area contributed by atoms with E-state index in [2.05, 4.69) is 15.5 Å². The van der Waals surface area contributed by atoms with Crippen molar-refractivity contribution in [1.82, 2.24) is 10.2 Å². The lowest BCUT2D eigenvalue weighted by Crippen LogP contribution is -2.13. The van der Waals surface area contributed by atoms with Gasteiger partial charge >= 0.3 is 0 Å². The Morgan fingerprint density at radius 1 is 1.28 bits per heavy atom. The Balaban J connectivity index is 1.35. The molecule has 6 heteroatoms. The molecule has 0 saturated heterocycles. The maximum atomic E-state index is 12.3. The molecule has 0 spiro atoms. The molecule has 1 aromatic carbocycles. The fourth-order valence-electron chi connectivity index (χ4n) is 3.12. The van der Waals surface area contributed by atoms with Gasteiger partial charge in [0.05, 0.1) is 13.2 Å². The number of fused-ring (bicyclic) bond motifs is 1. The number of rotatable bonds is 5. The van der Waals surface area contributed by atoms with E-state index in [0.717, 1.165) is 29.0 Å². The van der Waals surface area contributed by atoms with Crippen LogP contribution in [-0.2, 0) is 11.2 Å². The number of H-pyrrole nitrogens is 1. The van der Waals surface area contributed by atoms with Crippen LogP contribution in [0.2, 0.25) is 0 Å². The smallest absolute Gasteiger partial charge is 0.225 e. The normalized spacial score (nSPS) is 16.4. The molecule has 2 aliphatic rings. The fraction of sp³-hybridized carbons (Fsp3) is 0.474. The monoisotopic (exact) mass is 341 g/mol. The number of carbonyl (C=O) groups excluding carboxylic acids is 1. The number of anilines is 1. The predicted molar refractivity (Wildman–Crippen MR) is 94.3 cm³/mol. The number of hydrogen-bond donors (Lipinski definition) is 2. The van der Waals surface area contributed by atoms with Gasteiger partial charge in [0, 0.05) is 30.0 Å². The first kappa shape index (κ1) is 16.0. The van der Waals surface area contributed by atoms with Gasteiger partial charge in [0.2, 0.25) is 5.91 Å². The molecule has 1 saturated carbocycles. The van der Waals surface area contributed by atoms with Gasteiger partial charge in [0.1, 0.15) is 0 Å². The van der Waals surface area contributed by atoms with E-state index in [0.29, 0.717) is 37.8 Å². The molecule has 0 radical (unpaired) electrons. The molecular weight excluding hydrogens is 318 g/mol. The average molecular weight is 341 g/mol. The maximum absolute atomic E-state index is 12.3. The highest BCUT2D eigenvalue weighted by Crippen LogP contribution is 2.41. The van der Waals surface area contributed by atoms with Crippen LogP contribution >= 0.6 is 0 Å². The summed E-state index contributed by atoms with van der Waals surface area (Å²) in [5, 5.41) is 10.2. The number of benzene rings is 1. The van der Waals surface area contributed by atoms with Crippen molar-refractivity contribution < 1.29 is 14.3 Å². The van der Waals surface area contributed by atoms with E-state index in [1.54, 1.807) is 0 Å². The molecule has 2 aromatic rings. The number of aryl methyl sites for hydroxylation is 1. The molecule has 1 aliphatic heterocycles. The second kappa shape index (κ2) is 6.78. The Labute approximate surface area is 146 Å². The van der Waals surface area contributed by atoms with Gasteiger partial charge in [-0.3, -0.25) is 9.89 Å². The Morgan fingerprint density at radius 3 is 2.88 bits per heavy atom. The van der Waals surface area contributed by atoms with Gasteiger partial charge < -0.3 is 14.8 Å². The Hall–Kier alpha value is -2.50. The number of nitrogens with zero attached hydrogens (tertiary/aromatic N) is 1. The van der Waals surface area contributed by atoms with Crippen molar-refractivity contribution in [2.75, 3.05) is 18.5 Å². The standard InChI is InChI=1S/C19H23N3O3/c1-12-18(14-5-6-14)21-22-19(12)20-17(23)8-4-13-3-7-15-16(11-13)25-10-2-9-24-15/h3,7,11,14H,2,4-6,8-10H2,1H3,(H2,20,21,22,23). The molecule has 0 unspecified atom stereocenters. The van der Waals surface area contributed by atoms with Crippen molar-refractivity contribution >= 4 is 11.7 Å². The summed E-state index contributed by atoms with van der Waals surface area (Å²) in [6, 6.07) is 5.89. The molecule has 2 N–H and O–H groups in total. The predicted octanol–water partition coefficient (Wildman–Crippen LogP) is 3.33. The summed E-state index contributed by atoms with van der Waals surface area (Å²) < 4.78 is 11.3. The summed E-state index contributed by atoms with van der Waals surface area (Å²) in [6.45, 7) is 3.36. The topological polar surface area (TPSA) is 76.2 Å². The van der Waals surface area contributed by atoms with E-state index >= 15 is 0 Å². The quantitative estimate of drug-likeness (QED) is 0.874. The summed E-state index contributed by atoms with van der Waals surface area (Å²) in [6.07, 6.45) is 4.37. The highest BCUT2D eigenvalue weighted by molar-refractivity contribution is 5.90. The highest BCUT2D eigenvalue weighted by atomic mass is 16.5. The number of aromatic nitrogens is 2. The second-order valence-electron chi connectivity index (χ2n) is 6.76. The second-order valence-corrected chi connectivity index (χ2v) is 6.76. The molecule has 6 nitrogen and oxygen atoms in total. The highest BCUT2D eigenvalue weighted by Gasteiger charge is 2.28. The minimum Gasteiger partial charge on any atom is -0.490 e. The van der Waals surface area contributed by atoms with E-state index in [1.165, 1.54) is 18.5 Å². The molecule has 2 heterocycles. The van der Waals surface area contributed by atoms with Crippen molar-refractivity contribution in [3.63, 3.8) is 0 Å². The summed E-state index contributed by atoms with van der Waals surface area (Å²) in [4.78, 5) is 12.3. The molecule has 0 bridgehead atoms. The van der Waals surface area contributed by atoms with Crippen LogP contribution in [0.25, 0.3) is 0 Å². The van der Waals surface area contributed by atoms with Gasteiger partial charge in [-0.2, -0.15) is 5.10 Å². The van der Waals surface area contributed by atoms with E-state index in [-0.39, 0.29) is 5.91 Å². The van der Waals surface area contributed by atoms with E-state index in [9.17, 15) is 4.79 Å². The summed E-state index contributed by atoms with van der Waals surface area (Å²) in [5.41, 5.74) is 3.29. The number of aromatic amines is 1. The number of ether oxygens (including phenoxy) is 2. The van der Waals surface area contributed by atoms with Crippen LogP contribution in [0.4, 0.5) is 5.82 Å².